The van der Waals surface area contributed by atoms with Crippen LogP contribution in [-0.4, -0.2) is 16.7 Å². The fourth-order valence-corrected chi connectivity index (χ4v) is 3.31. The number of methoxy groups -OCH3 is 1. The smallest absolute Gasteiger partial charge is 0.131 e. The maximum absolute atomic E-state index is 6.33. The van der Waals surface area contributed by atoms with Crippen molar-refractivity contribution >= 4 is 5.82 Å². The third kappa shape index (κ3) is 2.56. The molecule has 0 saturated heterocycles. The molecule has 0 spiro atoms. The van der Waals surface area contributed by atoms with Crippen molar-refractivity contribution in [3.8, 4) is 11.3 Å². The van der Waals surface area contributed by atoms with E-state index in [9.17, 15) is 0 Å². The number of imidazole rings is 1. The molecule has 1 heterocycles. The highest BCUT2D eigenvalue weighted by atomic mass is 16.5. The monoisotopic (exact) mass is 285 g/mol. The van der Waals surface area contributed by atoms with Crippen molar-refractivity contribution in [3.05, 3.63) is 35.7 Å². The highest BCUT2D eigenvalue weighted by Crippen LogP contribution is 2.37. The van der Waals surface area contributed by atoms with Crippen molar-refractivity contribution in [3.63, 3.8) is 0 Å². The molecule has 2 aromatic rings. The second-order valence-electron chi connectivity index (χ2n) is 5.83. The Kier molecular flexibility index (Phi) is 3.97. The fraction of sp³-hybridized carbons (Fsp3) is 0.471. The first kappa shape index (κ1) is 14.1. The van der Waals surface area contributed by atoms with Gasteiger partial charge in [0.05, 0.1) is 6.61 Å². The van der Waals surface area contributed by atoms with Crippen LogP contribution in [0.15, 0.2) is 24.3 Å². The first-order valence-electron chi connectivity index (χ1n) is 7.61. The van der Waals surface area contributed by atoms with Crippen LogP contribution in [0, 0.1) is 0 Å². The van der Waals surface area contributed by atoms with Crippen molar-refractivity contribution in [1.29, 1.82) is 0 Å². The van der Waals surface area contributed by atoms with Gasteiger partial charge in [-0.2, -0.15) is 0 Å². The first-order valence-corrected chi connectivity index (χ1v) is 7.61. The molecule has 4 heteroatoms. The summed E-state index contributed by atoms with van der Waals surface area (Å²) in [5.74, 6) is 2.44. The van der Waals surface area contributed by atoms with Crippen LogP contribution >= 0.6 is 0 Å². The van der Waals surface area contributed by atoms with E-state index >= 15 is 0 Å². The lowest BCUT2D eigenvalue weighted by molar-refractivity contribution is 0.185. The molecule has 4 nitrogen and oxygen atoms in total. The van der Waals surface area contributed by atoms with Gasteiger partial charge in [0.15, 0.2) is 0 Å². The molecule has 1 aliphatic rings. The van der Waals surface area contributed by atoms with Gasteiger partial charge in [-0.15, -0.1) is 0 Å². The van der Waals surface area contributed by atoms with E-state index in [4.69, 9.17) is 15.5 Å². The number of ether oxygens (including phenoxy) is 1. The van der Waals surface area contributed by atoms with E-state index in [0.717, 1.165) is 28.5 Å². The number of benzene rings is 1. The molecule has 0 aliphatic heterocycles. The Balaban J connectivity index is 2.05. The molecule has 21 heavy (non-hydrogen) atoms. The second-order valence-corrected chi connectivity index (χ2v) is 5.83. The van der Waals surface area contributed by atoms with Crippen LogP contribution in [0.4, 0.5) is 5.82 Å². The maximum Gasteiger partial charge on any atom is 0.131 e. The number of rotatable bonds is 4. The van der Waals surface area contributed by atoms with Crippen LogP contribution < -0.4 is 5.73 Å². The summed E-state index contributed by atoms with van der Waals surface area (Å²) in [5, 5.41) is 0. The number of hydrogen-bond donors (Lipinski definition) is 1. The highest BCUT2D eigenvalue weighted by molar-refractivity contribution is 5.73. The van der Waals surface area contributed by atoms with Crippen LogP contribution in [0.2, 0.25) is 0 Å². The van der Waals surface area contributed by atoms with Crippen LogP contribution in [0.5, 0.6) is 0 Å². The van der Waals surface area contributed by atoms with Gasteiger partial charge in [0.2, 0.25) is 0 Å². The molecular formula is C17H23N3O. The zero-order valence-electron chi connectivity index (χ0n) is 12.8. The lowest BCUT2D eigenvalue weighted by Crippen LogP contribution is -2.05. The Bertz CT molecular complexity index is 627. The number of nitrogen functional groups attached to an aromatic ring is 1. The van der Waals surface area contributed by atoms with Crippen LogP contribution in [0.1, 0.15) is 43.0 Å². The standard InChI is InChI=1S/C17H23N3O/c1-20-16(18)15(19-17(20)12-7-3-4-8-12)14-10-6-5-9-13(14)11-21-2/h5-6,9-10,12H,3-4,7-8,11,18H2,1-2H3. The minimum absolute atomic E-state index is 0.556. The van der Waals surface area contributed by atoms with Gasteiger partial charge in [-0.3, -0.25) is 0 Å². The predicted octanol–water partition coefficient (Wildman–Crippen LogP) is 3.47. The molecule has 1 aliphatic carbocycles. The van der Waals surface area contributed by atoms with Gasteiger partial charge in [-0.25, -0.2) is 4.98 Å². The molecule has 1 aromatic carbocycles. The molecule has 0 unspecified atom stereocenters. The van der Waals surface area contributed by atoms with Gasteiger partial charge in [-0.05, 0) is 18.4 Å². The molecular weight excluding hydrogens is 262 g/mol. The molecule has 1 aromatic heterocycles. The van der Waals surface area contributed by atoms with Gasteiger partial charge in [0, 0.05) is 25.6 Å². The summed E-state index contributed by atoms with van der Waals surface area (Å²) in [6.45, 7) is 0.574. The largest absolute Gasteiger partial charge is 0.383 e. The van der Waals surface area contributed by atoms with Crippen LogP contribution in [-0.2, 0) is 18.4 Å². The SMILES string of the molecule is COCc1ccccc1-c1nc(C2CCCC2)n(C)c1N. The summed E-state index contributed by atoms with van der Waals surface area (Å²) in [6.07, 6.45) is 5.05. The summed E-state index contributed by atoms with van der Waals surface area (Å²) >= 11 is 0. The molecule has 0 radical (unpaired) electrons. The summed E-state index contributed by atoms with van der Waals surface area (Å²) in [7, 11) is 3.74. The molecule has 1 saturated carbocycles. The fourth-order valence-electron chi connectivity index (χ4n) is 3.31. The zero-order chi connectivity index (χ0) is 14.8. The van der Waals surface area contributed by atoms with Gasteiger partial charge in [-0.1, -0.05) is 37.1 Å². The zero-order valence-corrected chi connectivity index (χ0v) is 12.8. The molecule has 0 bridgehead atoms. The summed E-state index contributed by atoms with van der Waals surface area (Å²) < 4.78 is 7.36. The van der Waals surface area contributed by atoms with E-state index < -0.39 is 0 Å². The van der Waals surface area contributed by atoms with Gasteiger partial charge in [0.25, 0.3) is 0 Å². The van der Waals surface area contributed by atoms with Gasteiger partial charge < -0.3 is 15.0 Å². The Morgan fingerprint density at radius 2 is 2.00 bits per heavy atom. The number of nitrogens with two attached hydrogens (primary N) is 1. The topological polar surface area (TPSA) is 53.1 Å². The number of nitrogens with zero attached hydrogens (tertiary/aromatic N) is 2. The van der Waals surface area contributed by atoms with E-state index in [1.54, 1.807) is 7.11 Å². The molecule has 3 rings (SSSR count). The summed E-state index contributed by atoms with van der Waals surface area (Å²) in [4.78, 5) is 4.89. The van der Waals surface area contributed by atoms with Crippen molar-refractivity contribution < 1.29 is 4.74 Å². The van der Waals surface area contributed by atoms with Crippen molar-refractivity contribution in [2.24, 2.45) is 7.05 Å². The minimum atomic E-state index is 0.556. The van der Waals surface area contributed by atoms with Gasteiger partial charge in [0.1, 0.15) is 17.3 Å². The third-order valence-electron chi connectivity index (χ3n) is 4.47. The quantitative estimate of drug-likeness (QED) is 0.935. The Morgan fingerprint density at radius 3 is 2.71 bits per heavy atom. The second kappa shape index (κ2) is 5.90. The molecule has 2 N–H and O–H groups in total. The lowest BCUT2D eigenvalue weighted by Gasteiger charge is -2.08. The lowest BCUT2D eigenvalue weighted by atomic mass is 10.1. The molecule has 1 fully saturated rings. The van der Waals surface area contributed by atoms with E-state index in [1.165, 1.54) is 25.7 Å². The van der Waals surface area contributed by atoms with Crippen LogP contribution in [0.25, 0.3) is 11.3 Å². The predicted molar refractivity (Wildman–Crippen MR) is 85.0 cm³/mol. The average Bonchev–Trinajstić information content (AvgIpc) is 3.11. The minimum Gasteiger partial charge on any atom is -0.383 e. The molecule has 0 atom stereocenters. The normalized spacial score (nSPS) is 15.7. The Morgan fingerprint density at radius 1 is 1.29 bits per heavy atom. The van der Waals surface area contributed by atoms with E-state index in [-0.39, 0.29) is 0 Å². The number of anilines is 1. The molecule has 112 valence electrons. The van der Waals surface area contributed by atoms with Crippen molar-refractivity contribution in [2.75, 3.05) is 12.8 Å². The number of hydrogen-bond acceptors (Lipinski definition) is 3. The molecule has 0 amide bonds. The number of aromatic nitrogens is 2. The summed E-state index contributed by atoms with van der Waals surface area (Å²) in [5.41, 5.74) is 9.43. The highest BCUT2D eigenvalue weighted by Gasteiger charge is 2.24. The third-order valence-corrected chi connectivity index (χ3v) is 4.47. The summed E-state index contributed by atoms with van der Waals surface area (Å²) in [6, 6.07) is 8.19. The average molecular weight is 285 g/mol. The van der Waals surface area contributed by atoms with Gasteiger partial charge >= 0.3 is 0 Å². The van der Waals surface area contributed by atoms with E-state index in [1.807, 2.05) is 19.2 Å². The maximum atomic E-state index is 6.33. The van der Waals surface area contributed by atoms with E-state index in [2.05, 4.69) is 16.7 Å². The first-order chi connectivity index (χ1) is 10.2. The van der Waals surface area contributed by atoms with Crippen molar-refractivity contribution in [1.82, 2.24) is 9.55 Å². The Labute approximate surface area is 125 Å². The van der Waals surface area contributed by atoms with E-state index in [0.29, 0.717) is 12.5 Å². The van der Waals surface area contributed by atoms with Crippen molar-refractivity contribution in [2.45, 2.75) is 38.2 Å². The van der Waals surface area contributed by atoms with Crippen LogP contribution in [0.3, 0.4) is 0 Å². The Hall–Kier alpha value is -1.81.